The van der Waals surface area contributed by atoms with Gasteiger partial charge in [0.1, 0.15) is 22.6 Å². The molecule has 0 fully saturated rings. The molecule has 13 rings (SSSR count). The Morgan fingerprint density at radius 3 is 1.15 bits per heavy atom. The first-order chi connectivity index (χ1) is 26.2. The average molecular weight is 690 g/mol. The van der Waals surface area contributed by atoms with Crippen molar-refractivity contribution in [2.45, 2.75) is 0 Å². The second-order valence-corrected chi connectivity index (χ2v) is 15.2. The van der Waals surface area contributed by atoms with Gasteiger partial charge in [0.05, 0.1) is 0 Å². The molecule has 0 spiro atoms. The number of nitrogens with zero attached hydrogens (tertiary/aromatic N) is 8. The van der Waals surface area contributed by atoms with Gasteiger partial charge < -0.3 is 7.10 Å². The largest absolute Gasteiger partial charge is 0.568 e. The summed E-state index contributed by atoms with van der Waals surface area (Å²) in [5.41, 5.74) is 5.50. The van der Waals surface area contributed by atoms with Gasteiger partial charge in [0.25, 0.3) is 0 Å². The molecule has 6 bridgehead atoms. The zero-order valence-electron chi connectivity index (χ0n) is 27.9. The highest BCUT2D eigenvalue weighted by Crippen LogP contribution is 2.42. The molecule has 0 N–H and O–H groups in total. The van der Waals surface area contributed by atoms with Gasteiger partial charge in [-0.05, 0) is 68.7 Å². The fourth-order valence-corrected chi connectivity index (χ4v) is 9.85. The zero-order valence-corrected chi connectivity index (χ0v) is 29.0. The molecule has 0 unspecified atom stereocenters. The van der Waals surface area contributed by atoms with Crippen LogP contribution >= 0.6 is 0 Å². The maximum Gasteiger partial charge on any atom is 0.568 e. The van der Waals surface area contributed by atoms with Gasteiger partial charge in [0, 0.05) is 43.8 Å². The number of hydrogen-bond donors (Lipinski definition) is 0. The molecule has 1 radical (unpaired) electrons. The van der Waals surface area contributed by atoms with E-state index in [1.165, 1.54) is 0 Å². The van der Waals surface area contributed by atoms with Crippen molar-refractivity contribution < 1.29 is 0 Å². The van der Waals surface area contributed by atoms with Gasteiger partial charge >= 0.3 is 15.7 Å². The summed E-state index contributed by atoms with van der Waals surface area (Å²) in [5, 5.41) is 10.9. The topological polar surface area (TPSA) is 84.0 Å². The number of amidine groups is 4. The first-order valence-corrected chi connectivity index (χ1v) is 18.7. The van der Waals surface area contributed by atoms with Crippen LogP contribution in [0.25, 0.3) is 53.9 Å². The minimum absolute atomic E-state index is 0.648. The third kappa shape index (κ3) is 3.79. The first kappa shape index (κ1) is 27.9. The van der Waals surface area contributed by atoms with Gasteiger partial charge in [-0.1, -0.05) is 97.1 Å². The second-order valence-electron chi connectivity index (χ2n) is 13.9. The van der Waals surface area contributed by atoms with Crippen molar-refractivity contribution in [2.75, 3.05) is 0 Å². The molecule has 0 saturated heterocycles. The van der Waals surface area contributed by atoms with E-state index in [-0.39, 0.29) is 0 Å². The van der Waals surface area contributed by atoms with E-state index < -0.39 is 15.7 Å². The lowest BCUT2D eigenvalue weighted by Gasteiger charge is -2.11. The molecule has 0 saturated carbocycles. The van der Waals surface area contributed by atoms with Crippen LogP contribution in [0.2, 0.25) is 0 Å². The summed E-state index contributed by atoms with van der Waals surface area (Å²) < 4.78 is 4.59. The van der Waals surface area contributed by atoms with Crippen LogP contribution in [0.5, 0.6) is 0 Å². The Morgan fingerprint density at radius 1 is 0.321 bits per heavy atom. The van der Waals surface area contributed by atoms with Crippen LogP contribution < -0.4 is 11.0 Å². The molecule has 7 aromatic carbocycles. The lowest BCUT2D eigenvalue weighted by atomic mass is 10.0. The minimum atomic E-state index is -0.749. The normalized spacial score (nSPS) is 14.9. The van der Waals surface area contributed by atoms with Crippen LogP contribution in [0.4, 0.5) is 11.6 Å². The molecule has 241 valence electrons. The number of rotatable bonds is 0. The summed E-state index contributed by atoms with van der Waals surface area (Å²) in [6.07, 6.45) is 0. The molecule has 8 nitrogen and oxygen atoms in total. The lowest BCUT2D eigenvalue weighted by Crippen LogP contribution is -2.36. The first-order valence-electron chi connectivity index (χ1n) is 17.6. The molecule has 9 aromatic rings. The number of aliphatic imine (C=N–C) groups is 4. The van der Waals surface area contributed by atoms with Crippen molar-refractivity contribution in [1.29, 1.82) is 0 Å². The van der Waals surface area contributed by atoms with Crippen molar-refractivity contribution in [1.82, 2.24) is 7.10 Å². The monoisotopic (exact) mass is 689 g/mol. The molecular formula is C44H22AlN8. The van der Waals surface area contributed by atoms with Crippen LogP contribution in [0, 0.1) is 0 Å². The molecule has 0 atom stereocenters. The fourth-order valence-electron chi connectivity index (χ4n) is 8.40. The van der Waals surface area contributed by atoms with Crippen LogP contribution in [0.15, 0.2) is 163 Å². The highest BCUT2D eigenvalue weighted by molar-refractivity contribution is 6.38. The van der Waals surface area contributed by atoms with E-state index in [4.69, 9.17) is 30.0 Å². The summed E-state index contributed by atoms with van der Waals surface area (Å²) >= 11 is -0.749. The zero-order chi connectivity index (χ0) is 34.4. The average Bonchev–Trinajstić information content (AvgIpc) is 3.88. The van der Waals surface area contributed by atoms with Gasteiger partial charge in [-0.3, -0.25) is 0 Å². The highest BCUT2D eigenvalue weighted by Gasteiger charge is 2.31. The predicted octanol–water partition coefficient (Wildman–Crippen LogP) is 7.93. The fraction of sp³-hybridized carbons (Fsp3) is 0. The van der Waals surface area contributed by atoms with E-state index in [2.05, 4.69) is 128 Å². The molecule has 0 aliphatic carbocycles. The van der Waals surface area contributed by atoms with Crippen LogP contribution in [-0.2, 0) is 0 Å². The van der Waals surface area contributed by atoms with Crippen molar-refractivity contribution in [3.8, 4) is 0 Å². The molecule has 0 amide bonds. The Hall–Kier alpha value is -6.79. The van der Waals surface area contributed by atoms with Crippen LogP contribution in [0.3, 0.4) is 0 Å². The number of fused-ring (bicyclic) bond motifs is 17. The maximum atomic E-state index is 5.50. The van der Waals surface area contributed by atoms with Crippen molar-refractivity contribution in [3.05, 3.63) is 167 Å². The number of aromatic nitrogens is 2. The number of hydrogen-bond acceptors (Lipinski definition) is 6. The van der Waals surface area contributed by atoms with E-state index in [1.54, 1.807) is 0 Å². The quantitative estimate of drug-likeness (QED) is 0.145. The van der Waals surface area contributed by atoms with Gasteiger partial charge in [0.2, 0.25) is 0 Å². The van der Waals surface area contributed by atoms with Gasteiger partial charge in [0.15, 0.2) is 23.3 Å². The summed E-state index contributed by atoms with van der Waals surface area (Å²) in [6.45, 7) is 0. The van der Waals surface area contributed by atoms with Crippen LogP contribution in [0.1, 0.15) is 22.3 Å². The Labute approximate surface area is 307 Å². The van der Waals surface area contributed by atoms with Crippen molar-refractivity contribution in [3.63, 3.8) is 0 Å². The second kappa shape index (κ2) is 9.96. The third-order valence-corrected chi connectivity index (χ3v) is 12.4. The predicted molar refractivity (Wildman–Crippen MR) is 214 cm³/mol. The molecular weight excluding hydrogens is 668 g/mol. The highest BCUT2D eigenvalue weighted by atomic mass is 27.1. The Morgan fingerprint density at radius 2 is 0.679 bits per heavy atom. The molecule has 4 aliphatic heterocycles. The van der Waals surface area contributed by atoms with E-state index in [0.717, 1.165) is 98.7 Å². The molecule has 53 heavy (non-hydrogen) atoms. The molecule has 4 aliphatic rings. The maximum absolute atomic E-state index is 5.50. The van der Waals surface area contributed by atoms with E-state index in [1.807, 2.05) is 12.1 Å². The Bertz CT molecular complexity index is 3490. The van der Waals surface area contributed by atoms with Gasteiger partial charge in [-0.15, -0.1) is 0 Å². The lowest BCUT2D eigenvalue weighted by molar-refractivity contribution is 0.992. The molecule has 9 heteroatoms. The summed E-state index contributed by atoms with van der Waals surface area (Å²) in [5.74, 6) is 4.23. The SMILES string of the molecule is c1ccc2c(c1)C1=NC2=Nc2c3cc4ccccc4cc3c3[n]2[Al][n]2c(c4cc5ccccc5cc4c2=NC2=NC(=N3)c3cc4ccccc4cc32)=N1. The van der Waals surface area contributed by atoms with E-state index in [9.17, 15) is 0 Å². The Balaban J connectivity index is 1.28. The van der Waals surface area contributed by atoms with Crippen molar-refractivity contribution in [2.24, 2.45) is 30.0 Å². The summed E-state index contributed by atoms with van der Waals surface area (Å²) in [6, 6.07) is 47.1. The smallest absolute Gasteiger partial charge is 0.389 e. The summed E-state index contributed by atoms with van der Waals surface area (Å²) in [7, 11) is 0. The van der Waals surface area contributed by atoms with Gasteiger partial charge in [-0.25, -0.2) is 30.0 Å². The van der Waals surface area contributed by atoms with E-state index >= 15 is 0 Å². The standard InChI is InChI=1S/C44H22N8.Al/c1-3-11-25-19-33-31(17-23(25)9-1)39-46-37-29-15-7-8-16-30(29)38(45-37)47-40-32-18-24-10-2-4-12-26(24)20-34(32)42(49-40)51-44-36-22-28-14-6-5-13-27(28)21-35(36)43(52-44)50-41(33)48-39;/h1-22H;/q-2;+2. The van der Waals surface area contributed by atoms with Crippen molar-refractivity contribution >= 4 is 105 Å². The molecule has 6 heterocycles. The van der Waals surface area contributed by atoms with E-state index in [0.29, 0.717) is 23.3 Å². The molecule has 2 aromatic heterocycles. The third-order valence-electron chi connectivity index (χ3n) is 10.9. The number of benzene rings is 7. The summed E-state index contributed by atoms with van der Waals surface area (Å²) in [4.78, 5) is 32.3. The minimum Gasteiger partial charge on any atom is -0.389 e. The van der Waals surface area contributed by atoms with Crippen LogP contribution in [-0.4, -0.2) is 46.1 Å². The Kier molecular flexibility index (Phi) is 5.24. The van der Waals surface area contributed by atoms with Gasteiger partial charge in [-0.2, -0.15) is 0 Å².